The van der Waals surface area contributed by atoms with E-state index in [2.05, 4.69) is 20.1 Å². The predicted octanol–water partition coefficient (Wildman–Crippen LogP) is 3.66. The summed E-state index contributed by atoms with van der Waals surface area (Å²) in [6.45, 7) is 7.97. The van der Waals surface area contributed by atoms with E-state index in [4.69, 9.17) is 16.3 Å². The van der Waals surface area contributed by atoms with Crippen LogP contribution in [0.5, 0.6) is 5.88 Å². The topological polar surface area (TPSA) is 77.9 Å². The van der Waals surface area contributed by atoms with Crippen molar-refractivity contribution in [2.75, 3.05) is 37.6 Å². The summed E-state index contributed by atoms with van der Waals surface area (Å²) in [5.74, 6) is 0.399. The number of halogens is 1. The van der Waals surface area contributed by atoms with E-state index in [-0.39, 0.29) is 17.9 Å². The summed E-state index contributed by atoms with van der Waals surface area (Å²) in [5, 5.41) is 15.1. The minimum absolute atomic E-state index is 0.00701. The Morgan fingerprint density at radius 3 is 2.56 bits per heavy atom. The molecule has 0 saturated carbocycles. The van der Waals surface area contributed by atoms with Gasteiger partial charge in [-0.25, -0.2) is 4.98 Å². The lowest BCUT2D eigenvalue weighted by atomic mass is 10.0. The van der Waals surface area contributed by atoms with Crippen molar-refractivity contribution in [2.45, 2.75) is 51.4 Å². The van der Waals surface area contributed by atoms with E-state index in [9.17, 15) is 9.90 Å². The molecule has 3 atom stereocenters. The number of aromatic nitrogens is 1. The lowest BCUT2D eigenvalue weighted by molar-refractivity contribution is -0.126. The fourth-order valence-electron chi connectivity index (χ4n) is 4.74. The molecule has 2 N–H and O–H groups in total. The molecular weight excluding hydrogens is 452 g/mol. The number of ether oxygens (including phenoxy) is 1. The molecule has 1 aromatic carbocycles. The van der Waals surface area contributed by atoms with Crippen LogP contribution in [0, 0.1) is 5.92 Å². The van der Waals surface area contributed by atoms with Gasteiger partial charge < -0.3 is 25.0 Å². The number of benzene rings is 1. The first kappa shape index (κ1) is 24.8. The van der Waals surface area contributed by atoms with E-state index in [1.807, 2.05) is 44.2 Å². The SMILES string of the molecule is CC(C)Oc1ccc(C(O)C(CN2CCCC2)NC(=O)C2CCN(c3ccc(Cl)cc3)C2)cn1. The average Bonchev–Trinajstić information content (AvgIpc) is 3.51. The van der Waals surface area contributed by atoms with Crippen molar-refractivity contribution >= 4 is 23.2 Å². The van der Waals surface area contributed by atoms with Crippen LogP contribution in [0.4, 0.5) is 5.69 Å². The first-order chi connectivity index (χ1) is 16.4. The van der Waals surface area contributed by atoms with Gasteiger partial charge in [0.2, 0.25) is 11.8 Å². The van der Waals surface area contributed by atoms with Crippen molar-refractivity contribution in [1.29, 1.82) is 0 Å². The number of carbonyl (C=O) groups excluding carboxylic acids is 1. The normalized spacial score (nSPS) is 20.5. The van der Waals surface area contributed by atoms with Gasteiger partial charge in [-0.1, -0.05) is 11.6 Å². The Labute approximate surface area is 207 Å². The summed E-state index contributed by atoms with van der Waals surface area (Å²) in [6.07, 6.45) is 3.91. The van der Waals surface area contributed by atoms with Crippen LogP contribution in [-0.4, -0.2) is 65.8 Å². The molecule has 0 bridgehead atoms. The van der Waals surface area contributed by atoms with Crippen LogP contribution in [0.2, 0.25) is 5.02 Å². The zero-order valence-corrected chi connectivity index (χ0v) is 20.7. The number of rotatable bonds is 9. The number of pyridine rings is 1. The minimum atomic E-state index is -0.848. The Bertz CT molecular complexity index is 932. The van der Waals surface area contributed by atoms with Crippen LogP contribution in [0.15, 0.2) is 42.6 Å². The zero-order valence-electron chi connectivity index (χ0n) is 20.0. The Hall–Kier alpha value is -2.35. The third-order valence-corrected chi connectivity index (χ3v) is 6.82. The number of aliphatic hydroxyl groups excluding tert-OH is 1. The van der Waals surface area contributed by atoms with Gasteiger partial charge in [-0.05, 0) is 76.5 Å². The summed E-state index contributed by atoms with van der Waals surface area (Å²) < 4.78 is 5.62. The van der Waals surface area contributed by atoms with Crippen molar-refractivity contribution in [3.05, 3.63) is 53.2 Å². The van der Waals surface area contributed by atoms with Gasteiger partial charge in [0.1, 0.15) is 6.10 Å². The number of amides is 1. The maximum Gasteiger partial charge on any atom is 0.225 e. The van der Waals surface area contributed by atoms with Crippen LogP contribution in [0.3, 0.4) is 0 Å². The minimum Gasteiger partial charge on any atom is -0.475 e. The third kappa shape index (κ3) is 6.40. The van der Waals surface area contributed by atoms with Gasteiger partial charge >= 0.3 is 0 Å². The fourth-order valence-corrected chi connectivity index (χ4v) is 4.87. The van der Waals surface area contributed by atoms with Gasteiger partial charge in [0.05, 0.1) is 18.1 Å². The molecule has 2 saturated heterocycles. The Morgan fingerprint density at radius 1 is 1.18 bits per heavy atom. The largest absolute Gasteiger partial charge is 0.475 e. The highest BCUT2D eigenvalue weighted by Gasteiger charge is 2.33. The molecule has 3 heterocycles. The number of hydrogen-bond donors (Lipinski definition) is 2. The third-order valence-electron chi connectivity index (χ3n) is 6.57. The van der Waals surface area contributed by atoms with Gasteiger partial charge in [-0.3, -0.25) is 4.79 Å². The summed E-state index contributed by atoms with van der Waals surface area (Å²) >= 11 is 6.01. The number of nitrogens with one attached hydrogen (secondary N) is 1. The number of anilines is 1. The number of likely N-dealkylation sites (tertiary alicyclic amines) is 1. The number of carbonyl (C=O) groups is 1. The second kappa shape index (κ2) is 11.4. The summed E-state index contributed by atoms with van der Waals surface area (Å²) in [5.41, 5.74) is 1.75. The average molecular weight is 487 g/mol. The van der Waals surface area contributed by atoms with E-state index < -0.39 is 12.1 Å². The monoisotopic (exact) mass is 486 g/mol. The second-order valence-corrected chi connectivity index (χ2v) is 10.0. The van der Waals surface area contributed by atoms with Crippen molar-refractivity contribution in [3.63, 3.8) is 0 Å². The first-order valence-electron chi connectivity index (χ1n) is 12.2. The van der Waals surface area contributed by atoms with E-state index >= 15 is 0 Å². The molecule has 8 heteroatoms. The van der Waals surface area contributed by atoms with Gasteiger partial charge in [-0.15, -0.1) is 0 Å². The van der Waals surface area contributed by atoms with Crippen LogP contribution >= 0.6 is 11.6 Å². The van der Waals surface area contributed by atoms with Crippen LogP contribution < -0.4 is 15.0 Å². The molecule has 2 aliphatic rings. The fraction of sp³-hybridized carbons (Fsp3) is 0.538. The molecule has 7 nitrogen and oxygen atoms in total. The van der Waals surface area contributed by atoms with E-state index in [0.29, 0.717) is 29.6 Å². The highest BCUT2D eigenvalue weighted by Crippen LogP contribution is 2.26. The van der Waals surface area contributed by atoms with Gasteiger partial charge in [-0.2, -0.15) is 0 Å². The molecule has 1 amide bonds. The smallest absolute Gasteiger partial charge is 0.225 e. The standard InChI is InChI=1S/C26H35ClN4O3/c1-18(2)34-24-10-5-19(15-28-24)25(32)23(17-30-12-3-4-13-30)29-26(33)20-11-14-31(16-20)22-8-6-21(27)7-9-22/h5-10,15,18,20,23,25,32H,3-4,11-14,16-17H2,1-2H3,(H,29,33). The molecular formula is C26H35ClN4O3. The molecule has 4 rings (SSSR count). The Balaban J connectivity index is 1.42. The van der Waals surface area contributed by atoms with E-state index in [1.54, 1.807) is 12.3 Å². The highest BCUT2D eigenvalue weighted by molar-refractivity contribution is 6.30. The van der Waals surface area contributed by atoms with Gasteiger partial charge in [0.25, 0.3) is 0 Å². The number of nitrogens with zero attached hydrogens (tertiary/aromatic N) is 3. The molecule has 34 heavy (non-hydrogen) atoms. The first-order valence-corrected chi connectivity index (χ1v) is 12.6. The second-order valence-electron chi connectivity index (χ2n) is 9.57. The van der Waals surface area contributed by atoms with Crippen molar-refractivity contribution in [2.24, 2.45) is 5.92 Å². The lowest BCUT2D eigenvalue weighted by Crippen LogP contribution is -2.48. The number of aliphatic hydroxyl groups is 1. The van der Waals surface area contributed by atoms with Crippen LogP contribution in [0.1, 0.15) is 44.8 Å². The maximum absolute atomic E-state index is 13.2. The van der Waals surface area contributed by atoms with Crippen molar-refractivity contribution in [3.8, 4) is 5.88 Å². The molecule has 0 spiro atoms. The zero-order chi connectivity index (χ0) is 24.1. The van der Waals surface area contributed by atoms with Crippen molar-refractivity contribution < 1.29 is 14.6 Å². The molecule has 2 aliphatic heterocycles. The van der Waals surface area contributed by atoms with Crippen molar-refractivity contribution in [1.82, 2.24) is 15.2 Å². The predicted molar refractivity (Wildman–Crippen MR) is 134 cm³/mol. The molecule has 0 radical (unpaired) electrons. The van der Waals surface area contributed by atoms with E-state index in [0.717, 1.165) is 44.6 Å². The van der Waals surface area contributed by atoms with Crippen LogP contribution in [0.25, 0.3) is 0 Å². The maximum atomic E-state index is 13.2. The van der Waals surface area contributed by atoms with E-state index in [1.165, 1.54) is 0 Å². The highest BCUT2D eigenvalue weighted by atomic mass is 35.5. The van der Waals surface area contributed by atoms with Crippen LogP contribution in [-0.2, 0) is 4.79 Å². The molecule has 0 aliphatic carbocycles. The quantitative estimate of drug-likeness (QED) is 0.563. The summed E-state index contributed by atoms with van der Waals surface area (Å²) in [7, 11) is 0. The number of hydrogen-bond acceptors (Lipinski definition) is 6. The molecule has 3 unspecified atom stereocenters. The lowest BCUT2D eigenvalue weighted by Gasteiger charge is -2.29. The molecule has 2 fully saturated rings. The summed E-state index contributed by atoms with van der Waals surface area (Å²) in [4.78, 5) is 22.1. The van der Waals surface area contributed by atoms with Gasteiger partial charge in [0, 0.05) is 48.2 Å². The Morgan fingerprint density at radius 2 is 1.91 bits per heavy atom. The summed E-state index contributed by atoms with van der Waals surface area (Å²) in [6, 6.07) is 10.9. The molecule has 1 aromatic heterocycles. The molecule has 184 valence electrons. The molecule has 2 aromatic rings. The van der Waals surface area contributed by atoms with Gasteiger partial charge in [0.15, 0.2) is 0 Å². The Kier molecular flexibility index (Phi) is 8.29.